The average Bonchev–Trinajstić information content (AvgIpc) is 3.44. The fourth-order valence-electron chi connectivity index (χ4n) is 2.82. The third-order valence-corrected chi connectivity index (χ3v) is 6.05. The van der Waals surface area contributed by atoms with Crippen molar-refractivity contribution in [1.82, 2.24) is 14.5 Å². The minimum atomic E-state index is -0.734. The standard InChI is InChI=1S/C20H16F2N4OS2.ClH/c21-14-11-16(22)19-17(12-14)29-20(24-19)26(8-2-7-25-9-6-23-13-25)18(27)5-4-15-3-1-10-28-15;/h1,3-6,9-13H,2,7-8H2;1H. The zero-order chi connectivity index (χ0) is 20.2. The smallest absolute Gasteiger partial charge is 0.252 e. The molecule has 0 unspecified atom stereocenters. The normalized spacial score (nSPS) is 11.1. The van der Waals surface area contributed by atoms with E-state index >= 15 is 0 Å². The van der Waals surface area contributed by atoms with Crippen molar-refractivity contribution in [3.63, 3.8) is 0 Å². The second kappa shape index (κ2) is 9.92. The van der Waals surface area contributed by atoms with Gasteiger partial charge in [0, 0.05) is 42.5 Å². The highest BCUT2D eigenvalue weighted by molar-refractivity contribution is 7.22. The maximum atomic E-state index is 14.1. The van der Waals surface area contributed by atoms with E-state index in [2.05, 4.69) is 9.97 Å². The van der Waals surface area contributed by atoms with Gasteiger partial charge >= 0.3 is 0 Å². The molecule has 0 aliphatic rings. The van der Waals surface area contributed by atoms with Crippen molar-refractivity contribution in [3.05, 3.63) is 71.0 Å². The number of halogens is 3. The Morgan fingerprint density at radius 3 is 2.90 bits per heavy atom. The SMILES string of the molecule is Cl.O=C(C=Cc1cccs1)N(CCCn1ccnc1)c1nc2c(F)cc(F)cc2s1. The summed E-state index contributed by atoms with van der Waals surface area (Å²) in [6.45, 7) is 1.06. The van der Waals surface area contributed by atoms with Crippen molar-refractivity contribution in [2.75, 3.05) is 11.4 Å². The number of fused-ring (bicyclic) bond motifs is 1. The molecule has 0 bridgehead atoms. The molecule has 0 aliphatic heterocycles. The van der Waals surface area contributed by atoms with Crippen LogP contribution in [0.3, 0.4) is 0 Å². The van der Waals surface area contributed by atoms with Crippen molar-refractivity contribution >= 4 is 62.4 Å². The summed E-state index contributed by atoms with van der Waals surface area (Å²) in [6, 6.07) is 5.85. The van der Waals surface area contributed by atoms with Gasteiger partial charge in [-0.1, -0.05) is 17.4 Å². The van der Waals surface area contributed by atoms with Gasteiger partial charge in [-0.25, -0.2) is 18.7 Å². The summed E-state index contributed by atoms with van der Waals surface area (Å²) in [5.74, 6) is -1.66. The summed E-state index contributed by atoms with van der Waals surface area (Å²) >= 11 is 2.62. The number of carbonyl (C=O) groups excluding carboxylic acids is 1. The third-order valence-electron chi connectivity index (χ3n) is 4.19. The van der Waals surface area contributed by atoms with E-state index in [1.807, 2.05) is 28.3 Å². The molecule has 0 saturated carbocycles. The first-order valence-corrected chi connectivity index (χ1v) is 10.5. The molecule has 5 nitrogen and oxygen atoms in total. The molecule has 1 aromatic carbocycles. The molecule has 0 fully saturated rings. The first kappa shape index (κ1) is 22.1. The maximum Gasteiger partial charge on any atom is 0.252 e. The number of aromatic nitrogens is 3. The van der Waals surface area contributed by atoms with E-state index in [1.165, 1.54) is 28.4 Å². The van der Waals surface area contributed by atoms with E-state index in [9.17, 15) is 13.6 Å². The Hall–Kier alpha value is -2.62. The molecule has 10 heteroatoms. The number of anilines is 1. The number of thiophene rings is 1. The molecule has 0 aliphatic carbocycles. The topological polar surface area (TPSA) is 51.0 Å². The van der Waals surface area contributed by atoms with Crippen LogP contribution >= 0.6 is 35.1 Å². The van der Waals surface area contributed by atoms with Crippen molar-refractivity contribution in [3.8, 4) is 0 Å². The van der Waals surface area contributed by atoms with Gasteiger partial charge < -0.3 is 4.57 Å². The first-order chi connectivity index (χ1) is 14.1. The Kier molecular flexibility index (Phi) is 7.30. The van der Waals surface area contributed by atoms with Crippen LogP contribution in [0.15, 0.2) is 54.4 Å². The van der Waals surface area contributed by atoms with E-state index < -0.39 is 11.6 Å². The number of imidazole rings is 1. The fraction of sp³-hybridized carbons (Fsp3) is 0.150. The van der Waals surface area contributed by atoms with Gasteiger partial charge in [0.1, 0.15) is 11.3 Å². The summed E-state index contributed by atoms with van der Waals surface area (Å²) in [5, 5.41) is 2.27. The van der Waals surface area contributed by atoms with Crippen molar-refractivity contribution in [2.45, 2.75) is 13.0 Å². The second-order valence-electron chi connectivity index (χ2n) is 6.22. The molecule has 0 N–H and O–H groups in total. The number of thiazole rings is 1. The van der Waals surface area contributed by atoms with E-state index in [0.717, 1.165) is 22.3 Å². The highest BCUT2D eigenvalue weighted by Crippen LogP contribution is 2.31. The Labute approximate surface area is 185 Å². The van der Waals surface area contributed by atoms with Gasteiger partial charge in [-0.3, -0.25) is 9.69 Å². The highest BCUT2D eigenvalue weighted by Gasteiger charge is 2.19. The first-order valence-electron chi connectivity index (χ1n) is 8.84. The summed E-state index contributed by atoms with van der Waals surface area (Å²) in [4.78, 5) is 23.6. The summed E-state index contributed by atoms with van der Waals surface area (Å²) < 4.78 is 29.9. The molecule has 4 rings (SSSR count). The molecule has 4 aromatic rings. The quantitative estimate of drug-likeness (QED) is 0.343. The van der Waals surface area contributed by atoms with Crippen LogP contribution in [0.1, 0.15) is 11.3 Å². The predicted octanol–water partition coefficient (Wildman–Crippen LogP) is 5.39. The second-order valence-corrected chi connectivity index (χ2v) is 8.21. The van der Waals surface area contributed by atoms with Crippen molar-refractivity contribution in [1.29, 1.82) is 0 Å². The monoisotopic (exact) mass is 466 g/mol. The van der Waals surface area contributed by atoms with Crippen LogP contribution in [0.5, 0.6) is 0 Å². The fourth-order valence-corrected chi connectivity index (χ4v) is 4.48. The van der Waals surface area contributed by atoms with Gasteiger partial charge in [0.15, 0.2) is 10.9 Å². The van der Waals surface area contributed by atoms with Crippen LogP contribution in [0.2, 0.25) is 0 Å². The number of carbonyl (C=O) groups is 1. The molecule has 30 heavy (non-hydrogen) atoms. The van der Waals surface area contributed by atoms with Gasteiger partial charge in [0.25, 0.3) is 5.91 Å². The number of hydrogen-bond donors (Lipinski definition) is 0. The molecule has 3 aromatic heterocycles. The molecule has 156 valence electrons. The van der Waals surface area contributed by atoms with Crippen LogP contribution in [-0.4, -0.2) is 27.0 Å². The Bertz CT molecular complexity index is 1140. The van der Waals surface area contributed by atoms with Crippen molar-refractivity contribution < 1.29 is 13.6 Å². The van der Waals surface area contributed by atoms with Crippen LogP contribution in [0, 0.1) is 11.6 Å². The van der Waals surface area contributed by atoms with Crippen LogP contribution in [0.4, 0.5) is 13.9 Å². The molecule has 3 heterocycles. The number of hydrogen-bond acceptors (Lipinski definition) is 5. The lowest BCUT2D eigenvalue weighted by molar-refractivity contribution is -0.114. The third kappa shape index (κ3) is 5.10. The average molecular weight is 467 g/mol. The van der Waals surface area contributed by atoms with Crippen LogP contribution < -0.4 is 4.90 Å². The number of amides is 1. The lowest BCUT2D eigenvalue weighted by Crippen LogP contribution is -2.30. The lowest BCUT2D eigenvalue weighted by Gasteiger charge is -2.18. The summed E-state index contributed by atoms with van der Waals surface area (Å²) in [6.07, 6.45) is 9.12. The molecule has 1 amide bonds. The van der Waals surface area contributed by atoms with Gasteiger partial charge in [-0.15, -0.1) is 23.7 Å². The number of rotatable bonds is 7. The summed E-state index contributed by atoms with van der Waals surface area (Å²) in [7, 11) is 0. The highest BCUT2D eigenvalue weighted by atomic mass is 35.5. The van der Waals surface area contributed by atoms with E-state index in [4.69, 9.17) is 0 Å². The Balaban J connectivity index is 0.00000256. The zero-order valence-electron chi connectivity index (χ0n) is 15.6. The van der Waals surface area contributed by atoms with E-state index in [1.54, 1.807) is 18.6 Å². The van der Waals surface area contributed by atoms with Gasteiger partial charge in [0.05, 0.1) is 11.0 Å². The lowest BCUT2D eigenvalue weighted by atomic mass is 10.3. The Morgan fingerprint density at radius 2 is 2.17 bits per heavy atom. The van der Waals surface area contributed by atoms with Crippen molar-refractivity contribution in [2.24, 2.45) is 0 Å². The Morgan fingerprint density at radius 1 is 1.30 bits per heavy atom. The minimum absolute atomic E-state index is 0. The summed E-state index contributed by atoms with van der Waals surface area (Å²) in [5.41, 5.74) is 0.0704. The molecule has 0 atom stereocenters. The van der Waals surface area contributed by atoms with E-state index in [-0.39, 0.29) is 23.8 Å². The van der Waals surface area contributed by atoms with Gasteiger partial charge in [-0.05, 0) is 30.0 Å². The predicted molar refractivity (Wildman–Crippen MR) is 119 cm³/mol. The van der Waals surface area contributed by atoms with Crippen LogP contribution in [-0.2, 0) is 11.3 Å². The number of nitrogens with zero attached hydrogens (tertiary/aromatic N) is 4. The largest absolute Gasteiger partial charge is 0.337 e. The maximum absolute atomic E-state index is 14.1. The van der Waals surface area contributed by atoms with E-state index in [0.29, 0.717) is 29.3 Å². The molecular formula is C20H17ClF2N4OS2. The van der Waals surface area contributed by atoms with Gasteiger partial charge in [-0.2, -0.15) is 0 Å². The molecule has 0 spiro atoms. The number of aryl methyl sites for hydroxylation is 1. The zero-order valence-corrected chi connectivity index (χ0v) is 18.0. The van der Waals surface area contributed by atoms with Gasteiger partial charge in [0.2, 0.25) is 0 Å². The molecular weight excluding hydrogens is 450 g/mol. The number of benzene rings is 1. The molecule has 0 radical (unpaired) electrons. The van der Waals surface area contributed by atoms with Crippen LogP contribution in [0.25, 0.3) is 16.3 Å². The minimum Gasteiger partial charge on any atom is -0.337 e. The molecule has 0 saturated heterocycles.